The zero-order chi connectivity index (χ0) is 21.8. The fourth-order valence-corrected chi connectivity index (χ4v) is 4.72. The number of rotatable bonds is 5. The van der Waals surface area contributed by atoms with Gasteiger partial charge in [-0.1, -0.05) is 36.4 Å². The summed E-state index contributed by atoms with van der Waals surface area (Å²) in [7, 11) is 1.64. The van der Waals surface area contributed by atoms with Gasteiger partial charge in [-0.2, -0.15) is 0 Å². The molecule has 0 aromatic heterocycles. The molecule has 2 aliphatic heterocycles. The second-order valence-corrected chi connectivity index (χ2v) is 8.36. The van der Waals surface area contributed by atoms with Crippen molar-refractivity contribution in [2.24, 2.45) is 0 Å². The van der Waals surface area contributed by atoms with E-state index in [9.17, 15) is 9.59 Å². The summed E-state index contributed by atoms with van der Waals surface area (Å²) in [6, 6.07) is 15.5. The van der Waals surface area contributed by atoms with Gasteiger partial charge in [0.1, 0.15) is 5.75 Å². The maximum absolute atomic E-state index is 13.8. The van der Waals surface area contributed by atoms with E-state index in [-0.39, 0.29) is 17.9 Å². The highest BCUT2D eigenvalue weighted by Crippen LogP contribution is 2.33. The Morgan fingerprint density at radius 2 is 1.68 bits per heavy atom. The topological polar surface area (TPSA) is 53.1 Å². The number of nitrogens with zero attached hydrogens (tertiary/aromatic N) is 3. The van der Waals surface area contributed by atoms with Gasteiger partial charge in [0, 0.05) is 44.2 Å². The Bertz CT molecular complexity index is 939. The SMILES string of the molecule is COc1ccccc1[C@@H]1CN(C(C)=O)CCN1C(=O)c1ccccc1CN1CCCC1. The van der Waals surface area contributed by atoms with Gasteiger partial charge in [-0.15, -0.1) is 0 Å². The van der Waals surface area contributed by atoms with E-state index in [1.54, 1.807) is 14.0 Å². The van der Waals surface area contributed by atoms with Crippen molar-refractivity contribution in [3.63, 3.8) is 0 Å². The molecule has 0 saturated carbocycles. The van der Waals surface area contributed by atoms with Crippen LogP contribution < -0.4 is 4.74 Å². The number of carbonyl (C=O) groups excluding carboxylic acids is 2. The fraction of sp³-hybridized carbons (Fsp3) is 0.440. The minimum atomic E-state index is -0.249. The number of hydrogen-bond donors (Lipinski definition) is 0. The van der Waals surface area contributed by atoms with Crippen molar-refractivity contribution in [1.29, 1.82) is 0 Å². The van der Waals surface area contributed by atoms with E-state index < -0.39 is 0 Å². The van der Waals surface area contributed by atoms with Crippen molar-refractivity contribution in [2.45, 2.75) is 32.4 Å². The number of methoxy groups -OCH3 is 1. The van der Waals surface area contributed by atoms with Crippen LogP contribution in [0.3, 0.4) is 0 Å². The average molecular weight is 422 g/mol. The molecule has 2 aromatic rings. The zero-order valence-electron chi connectivity index (χ0n) is 18.4. The summed E-state index contributed by atoms with van der Waals surface area (Å²) in [5.41, 5.74) is 2.76. The van der Waals surface area contributed by atoms with Gasteiger partial charge in [0.25, 0.3) is 5.91 Å². The molecule has 2 heterocycles. The molecule has 6 nitrogen and oxygen atoms in total. The number of piperazine rings is 1. The van der Waals surface area contributed by atoms with Crippen LogP contribution in [0.2, 0.25) is 0 Å². The predicted molar refractivity (Wildman–Crippen MR) is 120 cm³/mol. The molecule has 0 bridgehead atoms. The normalized spacial score (nSPS) is 19.5. The molecule has 6 heteroatoms. The Kier molecular flexibility index (Phi) is 6.56. The highest BCUT2D eigenvalue weighted by Gasteiger charge is 2.35. The molecule has 1 atom stereocenters. The molecule has 2 saturated heterocycles. The smallest absolute Gasteiger partial charge is 0.254 e. The van der Waals surface area contributed by atoms with Crippen LogP contribution in [0.5, 0.6) is 5.75 Å². The van der Waals surface area contributed by atoms with Crippen molar-refractivity contribution >= 4 is 11.8 Å². The Balaban J connectivity index is 1.66. The molecule has 4 rings (SSSR count). The predicted octanol–water partition coefficient (Wildman–Crippen LogP) is 3.34. The molecular formula is C25H31N3O3. The van der Waals surface area contributed by atoms with E-state index in [4.69, 9.17) is 4.74 Å². The maximum Gasteiger partial charge on any atom is 0.254 e. The minimum absolute atomic E-state index is 0.0221. The van der Waals surface area contributed by atoms with Gasteiger partial charge in [0.2, 0.25) is 5.91 Å². The second-order valence-electron chi connectivity index (χ2n) is 8.36. The van der Waals surface area contributed by atoms with Crippen molar-refractivity contribution in [2.75, 3.05) is 39.8 Å². The molecule has 0 unspecified atom stereocenters. The lowest BCUT2D eigenvalue weighted by molar-refractivity contribution is -0.131. The number of hydrogen-bond acceptors (Lipinski definition) is 4. The first kappa shape index (κ1) is 21.4. The summed E-state index contributed by atoms with van der Waals surface area (Å²) < 4.78 is 5.59. The summed E-state index contributed by atoms with van der Waals surface area (Å²) in [5.74, 6) is 0.788. The molecule has 2 aliphatic rings. The van der Waals surface area contributed by atoms with Crippen LogP contribution in [0.1, 0.15) is 47.3 Å². The number of para-hydroxylation sites is 1. The largest absolute Gasteiger partial charge is 0.496 e. The monoisotopic (exact) mass is 421 g/mol. The first-order chi connectivity index (χ1) is 15.1. The molecule has 0 spiro atoms. The third kappa shape index (κ3) is 4.59. The number of benzene rings is 2. The van der Waals surface area contributed by atoms with E-state index in [0.717, 1.165) is 42.1 Å². The Labute approximate surface area is 184 Å². The van der Waals surface area contributed by atoms with E-state index in [2.05, 4.69) is 11.0 Å². The third-order valence-electron chi connectivity index (χ3n) is 6.42. The van der Waals surface area contributed by atoms with Gasteiger partial charge >= 0.3 is 0 Å². The van der Waals surface area contributed by atoms with Crippen LogP contribution >= 0.6 is 0 Å². The van der Waals surface area contributed by atoms with Crippen molar-refractivity contribution in [1.82, 2.24) is 14.7 Å². The van der Waals surface area contributed by atoms with Crippen molar-refractivity contribution < 1.29 is 14.3 Å². The van der Waals surface area contributed by atoms with Crippen LogP contribution in [0, 0.1) is 0 Å². The molecule has 2 amide bonds. The quantitative estimate of drug-likeness (QED) is 0.743. The van der Waals surface area contributed by atoms with Crippen LogP contribution in [-0.4, -0.2) is 66.3 Å². The van der Waals surface area contributed by atoms with Gasteiger partial charge in [-0.3, -0.25) is 14.5 Å². The molecule has 164 valence electrons. The van der Waals surface area contributed by atoms with Gasteiger partial charge in [0.15, 0.2) is 0 Å². The van der Waals surface area contributed by atoms with Crippen LogP contribution in [0.15, 0.2) is 48.5 Å². The lowest BCUT2D eigenvalue weighted by Gasteiger charge is -2.42. The van der Waals surface area contributed by atoms with E-state index >= 15 is 0 Å². The number of ether oxygens (including phenoxy) is 1. The molecular weight excluding hydrogens is 390 g/mol. The van der Waals surface area contributed by atoms with E-state index in [1.807, 2.05) is 52.3 Å². The van der Waals surface area contributed by atoms with Gasteiger partial charge in [-0.05, 0) is 43.6 Å². The summed E-state index contributed by atoms with van der Waals surface area (Å²) in [6.45, 7) is 6.07. The standard InChI is InChI=1S/C25H31N3O3/c1-19(29)27-15-16-28(23(18-27)22-11-5-6-12-24(22)31-2)25(30)21-10-4-3-9-20(21)17-26-13-7-8-14-26/h3-6,9-12,23H,7-8,13-18H2,1-2H3/t23-/m0/s1. The molecule has 2 fully saturated rings. The Hall–Kier alpha value is -2.86. The van der Waals surface area contributed by atoms with Gasteiger partial charge in [-0.25, -0.2) is 0 Å². The van der Waals surface area contributed by atoms with Crippen LogP contribution in [0.25, 0.3) is 0 Å². The van der Waals surface area contributed by atoms with Gasteiger partial charge < -0.3 is 14.5 Å². The first-order valence-corrected chi connectivity index (χ1v) is 11.1. The summed E-state index contributed by atoms with van der Waals surface area (Å²) in [6.07, 6.45) is 2.44. The number of amides is 2. The molecule has 31 heavy (non-hydrogen) atoms. The lowest BCUT2D eigenvalue weighted by Crippen LogP contribution is -2.52. The van der Waals surface area contributed by atoms with E-state index in [1.165, 1.54) is 12.8 Å². The third-order valence-corrected chi connectivity index (χ3v) is 6.42. The molecule has 0 N–H and O–H groups in total. The Morgan fingerprint density at radius 3 is 2.42 bits per heavy atom. The Morgan fingerprint density at radius 1 is 0.968 bits per heavy atom. The summed E-state index contributed by atoms with van der Waals surface area (Å²) >= 11 is 0. The van der Waals surface area contributed by atoms with Crippen LogP contribution in [-0.2, 0) is 11.3 Å². The fourth-order valence-electron chi connectivity index (χ4n) is 4.72. The van der Waals surface area contributed by atoms with E-state index in [0.29, 0.717) is 19.6 Å². The van der Waals surface area contributed by atoms with Gasteiger partial charge in [0.05, 0.1) is 13.2 Å². The summed E-state index contributed by atoms with van der Waals surface area (Å²) in [5, 5.41) is 0. The minimum Gasteiger partial charge on any atom is -0.496 e. The second kappa shape index (κ2) is 9.52. The highest BCUT2D eigenvalue weighted by atomic mass is 16.5. The highest BCUT2D eigenvalue weighted by molar-refractivity contribution is 5.96. The average Bonchev–Trinajstić information content (AvgIpc) is 3.31. The number of carbonyl (C=O) groups is 2. The number of likely N-dealkylation sites (tertiary alicyclic amines) is 1. The van der Waals surface area contributed by atoms with Crippen LogP contribution in [0.4, 0.5) is 0 Å². The van der Waals surface area contributed by atoms with Crippen molar-refractivity contribution in [3.8, 4) is 5.75 Å². The molecule has 0 radical (unpaired) electrons. The first-order valence-electron chi connectivity index (χ1n) is 11.1. The maximum atomic E-state index is 13.8. The lowest BCUT2D eigenvalue weighted by atomic mass is 9.98. The molecule has 2 aromatic carbocycles. The zero-order valence-corrected chi connectivity index (χ0v) is 18.4. The summed E-state index contributed by atoms with van der Waals surface area (Å²) in [4.78, 5) is 32.1. The molecule has 0 aliphatic carbocycles. The van der Waals surface area contributed by atoms with Crippen molar-refractivity contribution in [3.05, 3.63) is 65.2 Å².